The zero-order valence-electron chi connectivity index (χ0n) is 7.27. The van der Waals surface area contributed by atoms with Crippen LogP contribution in [0, 0.1) is 0 Å². The summed E-state index contributed by atoms with van der Waals surface area (Å²) in [5.41, 5.74) is 0.800. The van der Waals surface area contributed by atoms with E-state index >= 15 is 0 Å². The third kappa shape index (κ3) is 1.91. The molecule has 2 nitrogen and oxygen atoms in total. The molecule has 0 amide bonds. The molecule has 68 valence electrons. The molecule has 1 saturated heterocycles. The van der Waals surface area contributed by atoms with Gasteiger partial charge in [-0.2, -0.15) is 11.8 Å². The fraction of sp³-hybridized carbons (Fsp3) is 0.400. The number of thioether (sulfide) groups is 1. The number of pyridine rings is 1. The van der Waals surface area contributed by atoms with Crippen LogP contribution in [0.3, 0.4) is 0 Å². The van der Waals surface area contributed by atoms with Gasteiger partial charge in [-0.1, -0.05) is 0 Å². The maximum atomic E-state index is 11.8. The number of aromatic nitrogens is 1. The van der Waals surface area contributed by atoms with Crippen LogP contribution in [0.4, 0.5) is 0 Å². The molecule has 0 bridgehead atoms. The van der Waals surface area contributed by atoms with Crippen LogP contribution in [-0.2, 0) is 0 Å². The van der Waals surface area contributed by atoms with Crippen molar-refractivity contribution >= 4 is 17.5 Å². The summed E-state index contributed by atoms with van der Waals surface area (Å²) in [4.78, 5) is 15.7. The number of hydrogen-bond donors (Lipinski definition) is 0. The maximum Gasteiger partial charge on any atom is 0.175 e. The van der Waals surface area contributed by atoms with Gasteiger partial charge in [0.25, 0.3) is 0 Å². The molecule has 0 saturated carbocycles. The molecule has 2 rings (SSSR count). The van der Waals surface area contributed by atoms with E-state index < -0.39 is 0 Å². The van der Waals surface area contributed by atoms with E-state index in [2.05, 4.69) is 4.98 Å². The number of carbonyl (C=O) groups is 1. The van der Waals surface area contributed by atoms with E-state index in [1.165, 1.54) is 6.42 Å². The number of rotatable bonds is 2. The van der Waals surface area contributed by atoms with Gasteiger partial charge in [0.05, 0.1) is 5.25 Å². The second-order valence-corrected chi connectivity index (χ2v) is 4.41. The minimum absolute atomic E-state index is 0.197. The quantitative estimate of drug-likeness (QED) is 0.674. The summed E-state index contributed by atoms with van der Waals surface area (Å²) in [7, 11) is 0. The Balaban J connectivity index is 2.13. The Morgan fingerprint density at radius 3 is 2.85 bits per heavy atom. The number of hydrogen-bond acceptors (Lipinski definition) is 3. The van der Waals surface area contributed by atoms with Gasteiger partial charge < -0.3 is 0 Å². The highest BCUT2D eigenvalue weighted by molar-refractivity contribution is 8.00. The van der Waals surface area contributed by atoms with Crippen LogP contribution in [0.15, 0.2) is 24.5 Å². The van der Waals surface area contributed by atoms with Gasteiger partial charge in [-0.3, -0.25) is 9.78 Å². The van der Waals surface area contributed by atoms with Crippen molar-refractivity contribution in [2.24, 2.45) is 0 Å². The third-order valence-electron chi connectivity index (χ3n) is 2.19. The molecule has 0 radical (unpaired) electrons. The summed E-state index contributed by atoms with van der Waals surface area (Å²) in [6.07, 6.45) is 5.55. The number of ketones is 1. The standard InChI is InChI=1S/C10H11NOS/c12-10(9-2-1-7-13-9)8-3-5-11-6-4-8/h3-6,9H,1-2,7H2. The summed E-state index contributed by atoms with van der Waals surface area (Å²) < 4.78 is 0. The summed E-state index contributed by atoms with van der Waals surface area (Å²) >= 11 is 1.78. The van der Waals surface area contributed by atoms with Crippen molar-refractivity contribution in [3.8, 4) is 0 Å². The molecular formula is C10H11NOS. The zero-order valence-corrected chi connectivity index (χ0v) is 8.09. The first-order valence-electron chi connectivity index (χ1n) is 4.44. The molecule has 1 fully saturated rings. The van der Waals surface area contributed by atoms with E-state index in [1.807, 2.05) is 0 Å². The highest BCUT2D eigenvalue weighted by atomic mass is 32.2. The molecule has 1 aliphatic heterocycles. The topological polar surface area (TPSA) is 30.0 Å². The van der Waals surface area contributed by atoms with Gasteiger partial charge in [0.15, 0.2) is 5.78 Å². The lowest BCUT2D eigenvalue weighted by Crippen LogP contribution is -2.13. The molecule has 0 spiro atoms. The Morgan fingerprint density at radius 2 is 2.23 bits per heavy atom. The van der Waals surface area contributed by atoms with Gasteiger partial charge in [0, 0.05) is 18.0 Å². The van der Waals surface area contributed by atoms with Crippen LogP contribution < -0.4 is 0 Å². The van der Waals surface area contributed by atoms with Gasteiger partial charge in [-0.05, 0) is 30.7 Å². The Morgan fingerprint density at radius 1 is 1.46 bits per heavy atom. The monoisotopic (exact) mass is 193 g/mol. The minimum Gasteiger partial charge on any atom is -0.293 e. The van der Waals surface area contributed by atoms with Crippen LogP contribution in [0.1, 0.15) is 23.2 Å². The van der Waals surface area contributed by atoms with Crippen molar-refractivity contribution in [1.29, 1.82) is 0 Å². The summed E-state index contributed by atoms with van der Waals surface area (Å²) in [5, 5.41) is 0.197. The zero-order chi connectivity index (χ0) is 9.10. The normalized spacial score (nSPS) is 21.7. The molecule has 1 aromatic heterocycles. The van der Waals surface area contributed by atoms with Crippen LogP contribution in [0.5, 0.6) is 0 Å². The molecule has 2 heterocycles. The first kappa shape index (κ1) is 8.75. The van der Waals surface area contributed by atoms with Crippen molar-refractivity contribution in [1.82, 2.24) is 4.98 Å². The first-order valence-corrected chi connectivity index (χ1v) is 5.48. The number of carbonyl (C=O) groups excluding carboxylic acids is 1. The molecule has 0 N–H and O–H groups in total. The largest absolute Gasteiger partial charge is 0.293 e. The van der Waals surface area contributed by atoms with Gasteiger partial charge in [-0.25, -0.2) is 0 Å². The highest BCUT2D eigenvalue weighted by Gasteiger charge is 2.23. The first-order chi connectivity index (χ1) is 6.38. The van der Waals surface area contributed by atoms with Crippen molar-refractivity contribution in [3.05, 3.63) is 30.1 Å². The van der Waals surface area contributed by atoms with Gasteiger partial charge >= 0.3 is 0 Å². The molecular weight excluding hydrogens is 182 g/mol. The predicted octanol–water partition coefficient (Wildman–Crippen LogP) is 2.16. The lowest BCUT2D eigenvalue weighted by Gasteiger charge is -2.05. The van der Waals surface area contributed by atoms with E-state index in [4.69, 9.17) is 0 Å². The second-order valence-electron chi connectivity index (χ2n) is 3.10. The Bertz CT molecular complexity index is 293. The van der Waals surface area contributed by atoms with Gasteiger partial charge in [0.1, 0.15) is 0 Å². The van der Waals surface area contributed by atoms with Crippen molar-refractivity contribution in [3.63, 3.8) is 0 Å². The lowest BCUT2D eigenvalue weighted by atomic mass is 10.1. The third-order valence-corrected chi connectivity index (χ3v) is 3.56. The fourth-order valence-corrected chi connectivity index (χ4v) is 2.73. The summed E-state index contributed by atoms with van der Waals surface area (Å²) in [6.45, 7) is 0. The van der Waals surface area contributed by atoms with E-state index in [-0.39, 0.29) is 11.0 Å². The van der Waals surface area contributed by atoms with Gasteiger partial charge in [-0.15, -0.1) is 0 Å². The Kier molecular flexibility index (Phi) is 2.64. The highest BCUT2D eigenvalue weighted by Crippen LogP contribution is 2.28. The van der Waals surface area contributed by atoms with E-state index in [1.54, 1.807) is 36.3 Å². The molecule has 3 heteroatoms. The Hall–Kier alpha value is -0.830. The van der Waals surface area contributed by atoms with Crippen LogP contribution in [-0.4, -0.2) is 21.8 Å². The van der Waals surface area contributed by atoms with Crippen LogP contribution >= 0.6 is 11.8 Å². The molecule has 13 heavy (non-hydrogen) atoms. The van der Waals surface area contributed by atoms with E-state index in [9.17, 15) is 4.79 Å². The molecule has 1 aromatic rings. The molecule has 0 aromatic carbocycles. The van der Waals surface area contributed by atoms with E-state index in [0.717, 1.165) is 17.7 Å². The van der Waals surface area contributed by atoms with E-state index in [0.29, 0.717) is 0 Å². The molecule has 0 aliphatic carbocycles. The maximum absolute atomic E-state index is 11.8. The second kappa shape index (κ2) is 3.92. The average molecular weight is 193 g/mol. The lowest BCUT2D eigenvalue weighted by molar-refractivity contribution is 0.0988. The van der Waals surface area contributed by atoms with Crippen molar-refractivity contribution in [2.75, 3.05) is 5.75 Å². The average Bonchev–Trinajstić information content (AvgIpc) is 2.71. The van der Waals surface area contributed by atoms with Crippen molar-refractivity contribution < 1.29 is 4.79 Å². The smallest absolute Gasteiger partial charge is 0.175 e. The Labute approximate surface area is 81.8 Å². The summed E-state index contributed by atoms with van der Waals surface area (Å²) in [6, 6.07) is 3.59. The number of nitrogens with zero attached hydrogens (tertiary/aromatic N) is 1. The van der Waals surface area contributed by atoms with Gasteiger partial charge in [0.2, 0.25) is 0 Å². The fourth-order valence-electron chi connectivity index (χ4n) is 1.49. The summed E-state index contributed by atoms with van der Waals surface area (Å²) in [5.74, 6) is 1.39. The van der Waals surface area contributed by atoms with Crippen LogP contribution in [0.2, 0.25) is 0 Å². The SMILES string of the molecule is O=C(c1ccncc1)C1CCCS1. The predicted molar refractivity (Wildman–Crippen MR) is 54.0 cm³/mol. The van der Waals surface area contributed by atoms with Crippen molar-refractivity contribution in [2.45, 2.75) is 18.1 Å². The van der Waals surface area contributed by atoms with Crippen LogP contribution in [0.25, 0.3) is 0 Å². The number of Topliss-reactive ketones (excluding diaryl/α,β-unsaturated/α-hetero) is 1. The molecule has 1 aliphatic rings. The minimum atomic E-state index is 0.197. The molecule has 1 unspecified atom stereocenters. The molecule has 1 atom stereocenters.